The third-order valence-electron chi connectivity index (χ3n) is 4.61. The van der Waals surface area contributed by atoms with Crippen LogP contribution < -0.4 is 0 Å². The van der Waals surface area contributed by atoms with Crippen molar-refractivity contribution in [3.05, 3.63) is 51.8 Å². The number of aromatic amines is 1. The van der Waals surface area contributed by atoms with E-state index in [4.69, 9.17) is 16.3 Å². The van der Waals surface area contributed by atoms with Crippen molar-refractivity contribution >= 4 is 17.5 Å². The van der Waals surface area contributed by atoms with Gasteiger partial charge in [-0.05, 0) is 25.3 Å². The molecule has 1 aromatic heterocycles. The maximum absolute atomic E-state index is 12.8. The molecule has 1 aliphatic heterocycles. The Labute approximate surface area is 139 Å². The molecule has 1 saturated heterocycles. The van der Waals surface area contributed by atoms with Crippen molar-refractivity contribution in [2.24, 2.45) is 0 Å². The molecular weight excluding hydrogens is 314 g/mol. The van der Waals surface area contributed by atoms with Gasteiger partial charge in [0, 0.05) is 28.4 Å². The predicted octanol–water partition coefficient (Wildman–Crippen LogP) is 2.77. The molecule has 1 aliphatic carbocycles. The van der Waals surface area contributed by atoms with Crippen molar-refractivity contribution in [3.63, 3.8) is 0 Å². The Kier molecular flexibility index (Phi) is 3.83. The van der Waals surface area contributed by atoms with Gasteiger partial charge in [-0.3, -0.25) is 9.89 Å². The number of aromatic nitrogens is 2. The number of amides is 1. The number of hydrogen-bond acceptors (Lipinski definition) is 3. The van der Waals surface area contributed by atoms with Crippen LogP contribution in [0, 0.1) is 0 Å². The summed E-state index contributed by atoms with van der Waals surface area (Å²) < 4.78 is 5.83. The van der Waals surface area contributed by atoms with Gasteiger partial charge >= 0.3 is 0 Å². The molecule has 0 bridgehead atoms. The fraction of sp³-hybridized carbons (Fsp3) is 0.412. The van der Waals surface area contributed by atoms with E-state index in [0.29, 0.717) is 30.4 Å². The quantitative estimate of drug-likeness (QED) is 0.920. The van der Waals surface area contributed by atoms with Crippen LogP contribution in [0.4, 0.5) is 0 Å². The molecule has 0 unspecified atom stereocenters. The Bertz CT molecular complexity index is 743. The second-order valence-electron chi connectivity index (χ2n) is 6.01. The molecule has 6 heteroatoms. The molecule has 2 aliphatic rings. The molecule has 1 aromatic carbocycles. The average molecular weight is 332 g/mol. The van der Waals surface area contributed by atoms with Gasteiger partial charge in [0.1, 0.15) is 6.10 Å². The van der Waals surface area contributed by atoms with Crippen LogP contribution in [0.1, 0.15) is 39.8 Å². The molecule has 1 amide bonds. The molecule has 120 valence electrons. The van der Waals surface area contributed by atoms with Gasteiger partial charge in [-0.1, -0.05) is 29.8 Å². The third-order valence-corrected chi connectivity index (χ3v) is 4.96. The van der Waals surface area contributed by atoms with E-state index in [1.165, 1.54) is 0 Å². The predicted molar refractivity (Wildman–Crippen MR) is 86.7 cm³/mol. The maximum Gasteiger partial charge on any atom is 0.274 e. The van der Waals surface area contributed by atoms with E-state index in [-0.39, 0.29) is 12.0 Å². The molecule has 4 rings (SSSR count). The molecule has 0 radical (unpaired) electrons. The van der Waals surface area contributed by atoms with Gasteiger partial charge in [0.2, 0.25) is 0 Å². The minimum atomic E-state index is -0.187. The summed E-state index contributed by atoms with van der Waals surface area (Å²) in [6.45, 7) is 1.60. The van der Waals surface area contributed by atoms with E-state index in [0.717, 1.165) is 36.1 Å². The summed E-state index contributed by atoms with van der Waals surface area (Å²) in [6, 6.07) is 7.63. The van der Waals surface area contributed by atoms with E-state index < -0.39 is 0 Å². The first-order valence-electron chi connectivity index (χ1n) is 7.95. The number of rotatable bonds is 2. The number of carbonyl (C=O) groups is 1. The fourth-order valence-electron chi connectivity index (χ4n) is 3.40. The molecule has 2 aromatic rings. The second kappa shape index (κ2) is 5.98. The van der Waals surface area contributed by atoms with E-state index in [9.17, 15) is 4.79 Å². The monoisotopic (exact) mass is 331 g/mol. The Morgan fingerprint density at radius 2 is 2.22 bits per heavy atom. The van der Waals surface area contributed by atoms with Crippen molar-refractivity contribution in [2.75, 3.05) is 19.7 Å². The summed E-state index contributed by atoms with van der Waals surface area (Å²) >= 11 is 6.26. The highest BCUT2D eigenvalue weighted by Crippen LogP contribution is 2.30. The lowest BCUT2D eigenvalue weighted by molar-refractivity contribution is -0.0230. The van der Waals surface area contributed by atoms with Crippen LogP contribution in [0.15, 0.2) is 24.3 Å². The minimum absolute atomic E-state index is 0.00949. The van der Waals surface area contributed by atoms with Crippen molar-refractivity contribution in [1.29, 1.82) is 0 Å². The van der Waals surface area contributed by atoms with E-state index in [2.05, 4.69) is 10.2 Å². The maximum atomic E-state index is 12.8. The molecule has 1 atom stereocenters. The normalized spacial score (nSPS) is 20.6. The van der Waals surface area contributed by atoms with Crippen molar-refractivity contribution in [2.45, 2.75) is 25.4 Å². The molecule has 23 heavy (non-hydrogen) atoms. The van der Waals surface area contributed by atoms with Gasteiger partial charge in [0.15, 0.2) is 5.69 Å². The van der Waals surface area contributed by atoms with Crippen LogP contribution in [-0.2, 0) is 17.6 Å². The smallest absolute Gasteiger partial charge is 0.274 e. The van der Waals surface area contributed by atoms with E-state index >= 15 is 0 Å². The molecular formula is C17H18ClN3O2. The fourth-order valence-corrected chi connectivity index (χ4v) is 3.66. The third kappa shape index (κ3) is 2.64. The molecule has 2 heterocycles. The van der Waals surface area contributed by atoms with Gasteiger partial charge in [0.05, 0.1) is 13.2 Å². The summed E-state index contributed by atoms with van der Waals surface area (Å²) in [5.74, 6) is -0.00949. The lowest BCUT2D eigenvalue weighted by Gasteiger charge is -2.33. The molecule has 0 spiro atoms. The van der Waals surface area contributed by atoms with Crippen molar-refractivity contribution < 1.29 is 9.53 Å². The molecule has 5 nitrogen and oxygen atoms in total. The lowest BCUT2D eigenvalue weighted by Crippen LogP contribution is -2.42. The molecule has 1 N–H and O–H groups in total. The summed E-state index contributed by atoms with van der Waals surface area (Å²) in [4.78, 5) is 14.7. The van der Waals surface area contributed by atoms with Crippen LogP contribution >= 0.6 is 11.6 Å². The van der Waals surface area contributed by atoms with E-state index in [1.807, 2.05) is 29.2 Å². The number of aryl methyl sites for hydroxylation is 1. The first-order chi connectivity index (χ1) is 11.2. The Balaban J connectivity index is 1.55. The number of morpholine rings is 1. The number of fused-ring (bicyclic) bond motifs is 1. The number of hydrogen-bond donors (Lipinski definition) is 1. The van der Waals surface area contributed by atoms with Gasteiger partial charge in [-0.2, -0.15) is 5.10 Å². The van der Waals surface area contributed by atoms with Crippen LogP contribution in [0.2, 0.25) is 5.02 Å². The summed E-state index contributed by atoms with van der Waals surface area (Å²) in [6.07, 6.45) is 2.83. The minimum Gasteiger partial charge on any atom is -0.370 e. The highest BCUT2D eigenvalue weighted by molar-refractivity contribution is 6.31. The summed E-state index contributed by atoms with van der Waals surface area (Å²) in [5.41, 5.74) is 3.72. The number of halogens is 1. The SMILES string of the molecule is O=C(c1n[nH]c2c1CCC2)N1CCO[C@H](c2ccccc2Cl)C1. The summed E-state index contributed by atoms with van der Waals surface area (Å²) in [5, 5.41) is 7.93. The number of nitrogens with one attached hydrogen (secondary N) is 1. The average Bonchev–Trinajstić information content (AvgIpc) is 3.18. The topological polar surface area (TPSA) is 58.2 Å². The van der Waals surface area contributed by atoms with Gasteiger partial charge in [-0.25, -0.2) is 0 Å². The van der Waals surface area contributed by atoms with Gasteiger partial charge in [0.25, 0.3) is 5.91 Å². The number of carbonyl (C=O) groups excluding carboxylic acids is 1. The second-order valence-corrected chi connectivity index (χ2v) is 6.42. The zero-order valence-corrected chi connectivity index (χ0v) is 13.5. The van der Waals surface area contributed by atoms with Crippen molar-refractivity contribution in [1.82, 2.24) is 15.1 Å². The Morgan fingerprint density at radius 1 is 1.35 bits per heavy atom. The Hall–Kier alpha value is -1.85. The largest absolute Gasteiger partial charge is 0.370 e. The van der Waals surface area contributed by atoms with Gasteiger partial charge in [-0.15, -0.1) is 0 Å². The lowest BCUT2D eigenvalue weighted by atomic mass is 10.1. The first-order valence-corrected chi connectivity index (χ1v) is 8.33. The number of ether oxygens (including phenoxy) is 1. The molecule has 0 saturated carbocycles. The zero-order valence-electron chi connectivity index (χ0n) is 12.7. The Morgan fingerprint density at radius 3 is 3.09 bits per heavy atom. The highest BCUT2D eigenvalue weighted by atomic mass is 35.5. The van der Waals surface area contributed by atoms with Crippen LogP contribution in [0.25, 0.3) is 0 Å². The van der Waals surface area contributed by atoms with Gasteiger partial charge < -0.3 is 9.64 Å². The number of benzene rings is 1. The zero-order chi connectivity index (χ0) is 15.8. The highest BCUT2D eigenvalue weighted by Gasteiger charge is 2.31. The van der Waals surface area contributed by atoms with Crippen LogP contribution in [-0.4, -0.2) is 40.7 Å². The summed E-state index contributed by atoms with van der Waals surface area (Å²) in [7, 11) is 0. The number of nitrogens with zero attached hydrogens (tertiary/aromatic N) is 2. The first kappa shape index (κ1) is 14.7. The standard InChI is InChI=1S/C17H18ClN3O2/c18-13-6-2-1-4-11(13)15-10-21(8-9-23-15)17(22)16-12-5-3-7-14(12)19-20-16/h1-2,4,6,15H,3,5,7-10H2,(H,19,20)/t15-/m0/s1. The van der Waals surface area contributed by atoms with Crippen LogP contribution in [0.5, 0.6) is 0 Å². The molecule has 1 fully saturated rings. The van der Waals surface area contributed by atoms with Crippen LogP contribution in [0.3, 0.4) is 0 Å². The van der Waals surface area contributed by atoms with E-state index in [1.54, 1.807) is 0 Å². The van der Waals surface area contributed by atoms with Crippen molar-refractivity contribution in [3.8, 4) is 0 Å². The number of H-pyrrole nitrogens is 1.